The summed E-state index contributed by atoms with van der Waals surface area (Å²) in [7, 11) is -3.56. The molecule has 2 rings (SSSR count). The molecule has 1 N–H and O–H groups in total. The molecule has 0 aliphatic carbocycles. The molecule has 118 valence electrons. The molecule has 0 radical (unpaired) electrons. The molecule has 1 aromatic heterocycles. The summed E-state index contributed by atoms with van der Waals surface area (Å²) in [6.45, 7) is 2.81. The molecule has 0 aliphatic heterocycles. The van der Waals surface area contributed by atoms with Crippen LogP contribution in [0.25, 0.3) is 0 Å². The first-order valence-corrected chi connectivity index (χ1v) is 9.29. The smallest absolute Gasteiger partial charge is 0.286 e. The highest BCUT2D eigenvalue weighted by Gasteiger charge is 2.12. The van der Waals surface area contributed by atoms with Gasteiger partial charge in [-0.25, -0.2) is 0 Å². The van der Waals surface area contributed by atoms with Gasteiger partial charge in [-0.15, -0.1) is 11.3 Å². The van der Waals surface area contributed by atoms with E-state index < -0.39 is 10.0 Å². The Morgan fingerprint density at radius 1 is 1.27 bits per heavy atom. The average Bonchev–Trinajstić information content (AvgIpc) is 3.04. The SMILES string of the molecule is CCCCOc1ccc(/C=N/NS(=O)(=O)c2cccs2)cc1. The number of nitrogens with one attached hydrogen (secondary N) is 1. The standard InChI is InChI=1S/C15H18N2O3S2/c1-2-3-10-20-14-8-6-13(7-9-14)12-16-17-22(18,19)15-5-4-11-21-15/h4-9,11-12,17H,2-3,10H2,1H3/b16-12+. The van der Waals surface area contributed by atoms with E-state index in [1.165, 1.54) is 12.3 Å². The lowest BCUT2D eigenvalue weighted by molar-refractivity contribution is 0.309. The number of thiophene rings is 1. The molecule has 7 heteroatoms. The third-order valence-electron chi connectivity index (χ3n) is 2.79. The van der Waals surface area contributed by atoms with Gasteiger partial charge in [-0.1, -0.05) is 19.4 Å². The van der Waals surface area contributed by atoms with E-state index in [1.54, 1.807) is 11.4 Å². The fourth-order valence-corrected chi connectivity index (χ4v) is 3.39. The number of nitrogens with zero attached hydrogens (tertiary/aromatic N) is 1. The third kappa shape index (κ3) is 4.85. The first-order chi connectivity index (χ1) is 10.6. The van der Waals surface area contributed by atoms with Crippen molar-refractivity contribution in [3.8, 4) is 5.75 Å². The van der Waals surface area contributed by atoms with Gasteiger partial charge in [0.2, 0.25) is 0 Å². The molecule has 22 heavy (non-hydrogen) atoms. The van der Waals surface area contributed by atoms with Crippen molar-refractivity contribution < 1.29 is 13.2 Å². The molecular weight excluding hydrogens is 320 g/mol. The fourth-order valence-electron chi connectivity index (χ4n) is 1.62. The molecule has 0 atom stereocenters. The van der Waals surface area contributed by atoms with Crippen LogP contribution in [0.2, 0.25) is 0 Å². The van der Waals surface area contributed by atoms with Crippen LogP contribution in [0.5, 0.6) is 5.75 Å². The minimum atomic E-state index is -3.56. The Morgan fingerprint density at radius 3 is 2.68 bits per heavy atom. The van der Waals surface area contributed by atoms with Crippen molar-refractivity contribution in [2.24, 2.45) is 5.10 Å². The van der Waals surface area contributed by atoms with E-state index in [0.717, 1.165) is 35.5 Å². The number of hydrazone groups is 1. The van der Waals surface area contributed by atoms with Crippen molar-refractivity contribution in [2.45, 2.75) is 24.0 Å². The second-order valence-electron chi connectivity index (χ2n) is 4.56. The van der Waals surface area contributed by atoms with E-state index in [-0.39, 0.29) is 4.21 Å². The lowest BCUT2D eigenvalue weighted by Crippen LogP contribution is -2.17. The van der Waals surface area contributed by atoms with Gasteiger partial charge in [-0.2, -0.15) is 18.4 Å². The molecule has 5 nitrogen and oxygen atoms in total. The molecule has 0 unspecified atom stereocenters. The van der Waals surface area contributed by atoms with Crippen molar-refractivity contribution in [1.82, 2.24) is 4.83 Å². The second-order valence-corrected chi connectivity index (χ2v) is 7.39. The van der Waals surface area contributed by atoms with E-state index in [9.17, 15) is 8.42 Å². The minimum absolute atomic E-state index is 0.240. The lowest BCUT2D eigenvalue weighted by atomic mass is 10.2. The first-order valence-electron chi connectivity index (χ1n) is 6.93. The monoisotopic (exact) mass is 338 g/mol. The van der Waals surface area contributed by atoms with Crippen LogP contribution in [0.15, 0.2) is 51.1 Å². The van der Waals surface area contributed by atoms with Crippen molar-refractivity contribution in [3.05, 3.63) is 47.3 Å². The van der Waals surface area contributed by atoms with Crippen molar-refractivity contribution in [1.29, 1.82) is 0 Å². The van der Waals surface area contributed by atoms with Gasteiger partial charge >= 0.3 is 0 Å². The van der Waals surface area contributed by atoms with Crippen molar-refractivity contribution >= 4 is 27.6 Å². The molecule has 0 bridgehead atoms. The summed E-state index contributed by atoms with van der Waals surface area (Å²) in [5.41, 5.74) is 0.789. The summed E-state index contributed by atoms with van der Waals surface area (Å²) < 4.78 is 29.5. The van der Waals surface area contributed by atoms with Crippen molar-refractivity contribution in [2.75, 3.05) is 6.61 Å². The minimum Gasteiger partial charge on any atom is -0.494 e. The van der Waals surface area contributed by atoms with E-state index in [0.29, 0.717) is 6.61 Å². The zero-order valence-electron chi connectivity index (χ0n) is 12.2. The van der Waals surface area contributed by atoms with Crippen LogP contribution >= 0.6 is 11.3 Å². The van der Waals surface area contributed by atoms with E-state index in [1.807, 2.05) is 24.3 Å². The Labute approximate surface area is 134 Å². The molecule has 0 aliphatic rings. The zero-order valence-corrected chi connectivity index (χ0v) is 13.9. The number of hydrogen-bond donors (Lipinski definition) is 1. The summed E-state index contributed by atoms with van der Waals surface area (Å²) in [6, 6.07) is 10.5. The molecular formula is C15H18N2O3S2. The largest absolute Gasteiger partial charge is 0.494 e. The van der Waals surface area contributed by atoms with E-state index >= 15 is 0 Å². The molecule has 1 heterocycles. The van der Waals surface area contributed by atoms with Crippen LogP contribution in [-0.2, 0) is 10.0 Å². The summed E-state index contributed by atoms with van der Waals surface area (Å²) >= 11 is 1.15. The Morgan fingerprint density at radius 2 is 2.05 bits per heavy atom. The Hall–Kier alpha value is -1.86. The molecule has 1 aromatic carbocycles. The topological polar surface area (TPSA) is 67.8 Å². The molecule has 2 aromatic rings. The van der Waals surface area contributed by atoms with Gasteiger partial charge in [0.25, 0.3) is 10.0 Å². The quantitative estimate of drug-likeness (QED) is 0.456. The highest BCUT2D eigenvalue weighted by molar-refractivity contribution is 7.91. The summed E-state index contributed by atoms with van der Waals surface area (Å²) in [5.74, 6) is 0.796. The summed E-state index contributed by atoms with van der Waals surface area (Å²) in [4.78, 5) is 2.19. The number of hydrogen-bond acceptors (Lipinski definition) is 5. The maximum atomic E-state index is 11.8. The molecule has 0 saturated heterocycles. The predicted octanol–water partition coefficient (Wildman–Crippen LogP) is 3.24. The van der Waals surface area contributed by atoms with E-state index in [2.05, 4.69) is 16.9 Å². The van der Waals surface area contributed by atoms with Crippen LogP contribution in [0.4, 0.5) is 0 Å². The highest BCUT2D eigenvalue weighted by Crippen LogP contribution is 2.15. The van der Waals surface area contributed by atoms with Gasteiger partial charge in [0.1, 0.15) is 9.96 Å². The molecule has 0 spiro atoms. The molecule has 0 amide bonds. The maximum Gasteiger partial charge on any atom is 0.286 e. The van der Waals surface area contributed by atoms with Crippen molar-refractivity contribution in [3.63, 3.8) is 0 Å². The Bertz CT molecular complexity index is 693. The highest BCUT2D eigenvalue weighted by atomic mass is 32.2. The van der Waals surface area contributed by atoms with E-state index in [4.69, 9.17) is 4.74 Å². The van der Waals surface area contributed by atoms with Crippen LogP contribution in [-0.4, -0.2) is 21.2 Å². The number of benzene rings is 1. The number of unbranched alkanes of at least 4 members (excludes halogenated alkanes) is 1. The first kappa shape index (κ1) is 16.5. The Kier molecular flexibility index (Phi) is 5.97. The van der Waals surface area contributed by atoms with Gasteiger partial charge in [-0.3, -0.25) is 0 Å². The number of sulfonamides is 1. The van der Waals surface area contributed by atoms with Gasteiger partial charge < -0.3 is 4.74 Å². The van der Waals surface area contributed by atoms with Crippen LogP contribution in [0, 0.1) is 0 Å². The lowest BCUT2D eigenvalue weighted by Gasteiger charge is -2.05. The average molecular weight is 338 g/mol. The summed E-state index contributed by atoms with van der Waals surface area (Å²) in [6.07, 6.45) is 3.57. The third-order valence-corrected chi connectivity index (χ3v) is 5.41. The van der Waals surface area contributed by atoms with Gasteiger partial charge in [0, 0.05) is 0 Å². The second kappa shape index (κ2) is 7.95. The normalized spacial score (nSPS) is 11.7. The molecule has 0 fully saturated rings. The maximum absolute atomic E-state index is 11.8. The van der Waals surface area contributed by atoms with Gasteiger partial charge in [0.15, 0.2) is 0 Å². The predicted molar refractivity (Wildman–Crippen MR) is 89.1 cm³/mol. The number of rotatable bonds is 8. The van der Waals surface area contributed by atoms with Gasteiger partial charge in [0.05, 0.1) is 12.8 Å². The Balaban J connectivity index is 1.91. The fraction of sp³-hybridized carbons (Fsp3) is 0.267. The van der Waals surface area contributed by atoms with Crippen LogP contribution < -0.4 is 9.57 Å². The zero-order chi connectivity index (χ0) is 15.8. The molecule has 0 saturated carbocycles. The summed E-state index contributed by atoms with van der Waals surface area (Å²) in [5, 5.41) is 5.48. The number of ether oxygens (including phenoxy) is 1. The van der Waals surface area contributed by atoms with Crippen LogP contribution in [0.1, 0.15) is 25.3 Å². The van der Waals surface area contributed by atoms with Gasteiger partial charge in [-0.05, 0) is 47.7 Å². The van der Waals surface area contributed by atoms with Crippen LogP contribution in [0.3, 0.4) is 0 Å².